The zero-order chi connectivity index (χ0) is 39.6. The minimum absolute atomic E-state index is 0.670. The third kappa shape index (κ3) is 5.70. The van der Waals surface area contributed by atoms with Crippen molar-refractivity contribution in [3.05, 3.63) is 200 Å². The minimum Gasteiger partial charge on any atom is -0.454 e. The first kappa shape index (κ1) is 34.3. The Morgan fingerprint density at radius 1 is 0.383 bits per heavy atom. The predicted molar refractivity (Wildman–Crippen MR) is 250 cm³/mol. The van der Waals surface area contributed by atoms with E-state index in [4.69, 9.17) is 19.4 Å². The zero-order valence-corrected chi connectivity index (χ0v) is 33.0. The molecule has 0 N–H and O–H groups in total. The lowest BCUT2D eigenvalue weighted by atomic mass is 9.97. The van der Waals surface area contributed by atoms with Gasteiger partial charge in [0.15, 0.2) is 11.4 Å². The van der Waals surface area contributed by atoms with Gasteiger partial charge in [0, 0.05) is 64.1 Å². The lowest BCUT2D eigenvalue weighted by molar-refractivity contribution is 0.669. The van der Waals surface area contributed by atoms with E-state index in [-0.39, 0.29) is 0 Å². The van der Waals surface area contributed by atoms with Crippen LogP contribution in [-0.4, -0.2) is 15.0 Å². The molecule has 12 rings (SSSR count). The summed E-state index contributed by atoms with van der Waals surface area (Å²) in [6.07, 6.45) is 0. The van der Waals surface area contributed by atoms with E-state index in [9.17, 15) is 0 Å². The predicted octanol–water partition coefficient (Wildman–Crippen LogP) is 15.3. The van der Waals surface area contributed by atoms with Crippen LogP contribution in [0.15, 0.2) is 205 Å². The van der Waals surface area contributed by atoms with Crippen molar-refractivity contribution in [3.8, 4) is 67.4 Å². The summed E-state index contributed by atoms with van der Waals surface area (Å²) < 4.78 is 9.12. The number of fused-ring (bicyclic) bond motifs is 8. The highest BCUT2D eigenvalue weighted by Crippen LogP contribution is 2.43. The van der Waals surface area contributed by atoms with Crippen LogP contribution in [0, 0.1) is 0 Å². The first-order valence-electron chi connectivity index (χ1n) is 20.1. The van der Waals surface area contributed by atoms with Crippen LogP contribution in [0.25, 0.3) is 120 Å². The number of thiophene rings is 1. The van der Waals surface area contributed by atoms with Crippen molar-refractivity contribution in [1.82, 2.24) is 15.0 Å². The number of para-hydroxylation sites is 2. The lowest BCUT2D eigenvalue weighted by Crippen LogP contribution is -1.96. The van der Waals surface area contributed by atoms with Gasteiger partial charge in [0.2, 0.25) is 0 Å². The fourth-order valence-electron chi connectivity index (χ4n) is 8.63. The largest absolute Gasteiger partial charge is 0.454 e. The van der Waals surface area contributed by atoms with Crippen molar-refractivity contribution >= 4 is 64.4 Å². The first-order chi connectivity index (χ1) is 29.7. The van der Waals surface area contributed by atoms with Gasteiger partial charge in [0.25, 0.3) is 0 Å². The Morgan fingerprint density at radius 3 is 1.80 bits per heavy atom. The van der Waals surface area contributed by atoms with Gasteiger partial charge in [-0.2, -0.15) is 0 Å². The molecule has 0 aliphatic rings. The second kappa shape index (κ2) is 14.0. The fraction of sp³-hybridized carbons (Fsp3) is 0. The van der Waals surface area contributed by atoms with Crippen molar-refractivity contribution < 1.29 is 4.42 Å². The number of pyridine rings is 1. The van der Waals surface area contributed by atoms with Gasteiger partial charge in [-0.3, -0.25) is 0 Å². The van der Waals surface area contributed by atoms with E-state index < -0.39 is 0 Å². The van der Waals surface area contributed by atoms with Crippen LogP contribution in [0.5, 0.6) is 0 Å². The summed E-state index contributed by atoms with van der Waals surface area (Å²) in [6.45, 7) is 0. The summed E-state index contributed by atoms with van der Waals surface area (Å²) >= 11 is 1.85. The molecule has 0 saturated carbocycles. The van der Waals surface area contributed by atoms with Crippen molar-refractivity contribution in [2.45, 2.75) is 0 Å². The molecule has 4 heterocycles. The van der Waals surface area contributed by atoms with E-state index in [2.05, 4.69) is 164 Å². The van der Waals surface area contributed by atoms with Crippen LogP contribution in [-0.2, 0) is 0 Å². The zero-order valence-electron chi connectivity index (χ0n) is 32.2. The molecule has 0 fully saturated rings. The third-order valence-electron chi connectivity index (χ3n) is 11.5. The molecule has 60 heavy (non-hydrogen) atoms. The number of aromatic nitrogens is 3. The highest BCUT2D eigenvalue weighted by Gasteiger charge is 2.20. The Balaban J connectivity index is 0.980. The first-order valence-corrected chi connectivity index (χ1v) is 20.9. The SMILES string of the molecule is c1ccc(-c2cc(-c3cccc(-c4cccc5c4sc4ccccc45)c3)nc(-c3ccc(-c4cccc5c4nc(-c4ccccc4)c4oc6ccccc6c45)cc3)n2)cc1. The second-order valence-electron chi connectivity index (χ2n) is 15.1. The molecule has 4 nitrogen and oxygen atoms in total. The quantitative estimate of drug-likeness (QED) is 0.169. The standard InChI is InChI=1S/C55H33N3OS/c1-3-14-35(15-4-1)46-33-47(39-19-11-18-38(32-39)41-23-13-24-43-42-20-8-10-27-49(42)60-54(41)43)57-55(56-46)37-30-28-34(29-31-37)40-22-12-25-45-50-44-21-7-9-26-48(44)59-53(50)51(58-52(40)45)36-16-5-2-6-17-36/h1-33H. The van der Waals surface area contributed by atoms with Gasteiger partial charge >= 0.3 is 0 Å². The van der Waals surface area contributed by atoms with E-state index in [0.717, 1.165) is 88.9 Å². The molecular weight excluding hydrogens is 751 g/mol. The Kier molecular flexibility index (Phi) is 8.00. The monoisotopic (exact) mass is 783 g/mol. The molecule has 0 bridgehead atoms. The maximum Gasteiger partial charge on any atom is 0.162 e. The van der Waals surface area contributed by atoms with Gasteiger partial charge in [-0.1, -0.05) is 176 Å². The van der Waals surface area contributed by atoms with Crippen molar-refractivity contribution in [3.63, 3.8) is 0 Å². The Bertz CT molecular complexity index is 3590. The maximum absolute atomic E-state index is 6.52. The smallest absolute Gasteiger partial charge is 0.162 e. The molecule has 0 atom stereocenters. The molecule has 12 aromatic rings. The molecule has 0 spiro atoms. The molecule has 4 aromatic heterocycles. The lowest BCUT2D eigenvalue weighted by Gasteiger charge is -2.12. The molecule has 8 aromatic carbocycles. The highest BCUT2D eigenvalue weighted by atomic mass is 32.1. The van der Waals surface area contributed by atoms with Crippen LogP contribution in [0.3, 0.4) is 0 Å². The van der Waals surface area contributed by atoms with Gasteiger partial charge in [0.05, 0.1) is 16.9 Å². The van der Waals surface area contributed by atoms with Gasteiger partial charge in [-0.25, -0.2) is 15.0 Å². The van der Waals surface area contributed by atoms with Crippen LogP contribution >= 0.6 is 11.3 Å². The van der Waals surface area contributed by atoms with Gasteiger partial charge in [-0.05, 0) is 41.0 Å². The minimum atomic E-state index is 0.670. The molecule has 0 unspecified atom stereocenters. The van der Waals surface area contributed by atoms with Gasteiger partial charge < -0.3 is 4.42 Å². The van der Waals surface area contributed by atoms with E-state index in [1.165, 1.54) is 25.7 Å². The highest BCUT2D eigenvalue weighted by molar-refractivity contribution is 7.26. The number of benzene rings is 8. The maximum atomic E-state index is 6.52. The van der Waals surface area contributed by atoms with Crippen LogP contribution in [0.4, 0.5) is 0 Å². The Labute approximate surface area is 349 Å². The number of hydrogen-bond donors (Lipinski definition) is 0. The summed E-state index contributed by atoms with van der Waals surface area (Å²) in [5, 5.41) is 5.81. The average Bonchev–Trinajstić information content (AvgIpc) is 3.91. The average molecular weight is 784 g/mol. The molecule has 0 radical (unpaired) electrons. The molecule has 0 aliphatic carbocycles. The second-order valence-corrected chi connectivity index (χ2v) is 16.1. The molecule has 0 amide bonds. The third-order valence-corrected chi connectivity index (χ3v) is 12.7. The molecule has 0 saturated heterocycles. The van der Waals surface area contributed by atoms with Crippen LogP contribution in [0.2, 0.25) is 0 Å². The molecular formula is C55H33N3OS. The van der Waals surface area contributed by atoms with Gasteiger partial charge in [0.1, 0.15) is 11.3 Å². The molecule has 5 heteroatoms. The summed E-state index contributed by atoms with van der Waals surface area (Å²) in [4.78, 5) is 15.8. The van der Waals surface area contributed by atoms with E-state index in [1.807, 2.05) is 47.7 Å². The van der Waals surface area contributed by atoms with Crippen molar-refractivity contribution in [1.29, 1.82) is 0 Å². The summed E-state index contributed by atoms with van der Waals surface area (Å²) in [5.74, 6) is 0.670. The van der Waals surface area contributed by atoms with Gasteiger partial charge in [-0.15, -0.1) is 11.3 Å². The van der Waals surface area contributed by atoms with Crippen molar-refractivity contribution in [2.75, 3.05) is 0 Å². The normalized spacial score (nSPS) is 11.7. The van der Waals surface area contributed by atoms with E-state index in [0.29, 0.717) is 5.82 Å². The van der Waals surface area contributed by atoms with Crippen molar-refractivity contribution in [2.24, 2.45) is 0 Å². The number of nitrogens with zero attached hydrogens (tertiary/aromatic N) is 3. The Morgan fingerprint density at radius 2 is 0.983 bits per heavy atom. The summed E-state index contributed by atoms with van der Waals surface area (Å²) in [6, 6.07) is 70.1. The van der Waals surface area contributed by atoms with Crippen LogP contribution in [0.1, 0.15) is 0 Å². The van der Waals surface area contributed by atoms with E-state index in [1.54, 1.807) is 0 Å². The fourth-order valence-corrected chi connectivity index (χ4v) is 9.87. The number of rotatable bonds is 6. The summed E-state index contributed by atoms with van der Waals surface area (Å²) in [5.41, 5.74) is 13.7. The Hall–Kier alpha value is -7.73. The number of furan rings is 1. The van der Waals surface area contributed by atoms with Crippen LogP contribution < -0.4 is 0 Å². The molecule has 0 aliphatic heterocycles. The van der Waals surface area contributed by atoms with E-state index >= 15 is 0 Å². The summed E-state index contributed by atoms with van der Waals surface area (Å²) in [7, 11) is 0. The topological polar surface area (TPSA) is 51.8 Å². The number of hydrogen-bond acceptors (Lipinski definition) is 5. The molecule has 280 valence electrons.